The molecule has 0 N–H and O–H groups in total. The number of ether oxygens (including phenoxy) is 1. The van der Waals surface area contributed by atoms with Gasteiger partial charge in [-0.25, -0.2) is 13.4 Å². The lowest BCUT2D eigenvalue weighted by molar-refractivity contribution is -0.138. The number of hydrogen-bond donors (Lipinski definition) is 0. The summed E-state index contributed by atoms with van der Waals surface area (Å²) in [6, 6.07) is 13.7. The van der Waals surface area contributed by atoms with E-state index in [1.165, 1.54) is 15.6 Å². The molecule has 0 saturated carbocycles. The Labute approximate surface area is 216 Å². The number of nitrogens with zero attached hydrogens (tertiary/aromatic N) is 3. The summed E-state index contributed by atoms with van der Waals surface area (Å²) in [6.07, 6.45) is 3.83. The van der Waals surface area contributed by atoms with Gasteiger partial charge in [0.05, 0.1) is 39.9 Å². The van der Waals surface area contributed by atoms with Gasteiger partial charge in [-0.2, -0.15) is 4.31 Å². The van der Waals surface area contributed by atoms with Gasteiger partial charge in [0.15, 0.2) is 0 Å². The van der Waals surface area contributed by atoms with Gasteiger partial charge in [-0.15, -0.1) is 17.9 Å². The van der Waals surface area contributed by atoms with Gasteiger partial charge in [-0.05, 0) is 49.9 Å². The van der Waals surface area contributed by atoms with E-state index < -0.39 is 16.1 Å². The van der Waals surface area contributed by atoms with Crippen molar-refractivity contribution in [2.24, 2.45) is 5.92 Å². The number of benzene rings is 2. The van der Waals surface area contributed by atoms with E-state index in [9.17, 15) is 13.2 Å². The Hall–Kier alpha value is -2.59. The minimum absolute atomic E-state index is 0.151. The third-order valence-corrected chi connectivity index (χ3v) is 9.99. The average Bonchev–Trinajstić information content (AvgIpc) is 3.35. The van der Waals surface area contributed by atoms with Crippen molar-refractivity contribution in [3.8, 4) is 0 Å². The molecule has 2 bridgehead atoms. The first-order chi connectivity index (χ1) is 17.4. The van der Waals surface area contributed by atoms with Crippen LogP contribution in [0.5, 0.6) is 0 Å². The number of piperidine rings is 1. The van der Waals surface area contributed by atoms with Crippen LogP contribution in [-0.2, 0) is 26.2 Å². The van der Waals surface area contributed by atoms with Gasteiger partial charge in [0.1, 0.15) is 6.04 Å². The van der Waals surface area contributed by atoms with Crippen LogP contribution in [-0.4, -0.2) is 59.8 Å². The summed E-state index contributed by atoms with van der Waals surface area (Å²) in [5.41, 5.74) is 3.55. The summed E-state index contributed by atoms with van der Waals surface area (Å²) in [4.78, 5) is 20.2. The van der Waals surface area contributed by atoms with Crippen LogP contribution in [0.2, 0.25) is 0 Å². The Balaban J connectivity index is 1.41. The summed E-state index contributed by atoms with van der Waals surface area (Å²) in [5.74, 6) is -0.319. The first-order valence-corrected chi connectivity index (χ1v) is 14.6. The SMILES string of the molecule is C=C[C@H]1CN([C@@H](C)COCc2ccccc2)C(=O)[C@@H]2CCC[C@H]1N2S(=O)(=O)c1ccc2ncsc2c1. The molecule has 2 aromatic carbocycles. The minimum atomic E-state index is -3.91. The molecule has 1 aromatic heterocycles. The second kappa shape index (κ2) is 10.4. The molecule has 190 valence electrons. The molecule has 0 unspecified atom stereocenters. The van der Waals surface area contributed by atoms with Gasteiger partial charge in [-0.3, -0.25) is 4.79 Å². The van der Waals surface area contributed by atoms with Gasteiger partial charge in [-0.1, -0.05) is 36.4 Å². The zero-order valence-corrected chi connectivity index (χ0v) is 22.0. The number of sulfonamides is 1. The molecule has 2 aliphatic rings. The fraction of sp³-hybridized carbons (Fsp3) is 0.407. The summed E-state index contributed by atoms with van der Waals surface area (Å²) >= 11 is 1.41. The lowest BCUT2D eigenvalue weighted by Gasteiger charge is -2.40. The fourth-order valence-corrected chi connectivity index (χ4v) is 8.06. The molecule has 0 spiro atoms. The van der Waals surface area contributed by atoms with Crippen LogP contribution in [0.15, 0.2) is 71.6 Å². The third-order valence-electron chi connectivity index (χ3n) is 7.26. The molecular weight excluding hydrogens is 494 g/mol. The highest BCUT2D eigenvalue weighted by molar-refractivity contribution is 7.89. The van der Waals surface area contributed by atoms with Gasteiger partial charge >= 0.3 is 0 Å². The number of aromatic nitrogens is 1. The van der Waals surface area contributed by atoms with Gasteiger partial charge < -0.3 is 9.64 Å². The monoisotopic (exact) mass is 525 g/mol. The second-order valence-electron chi connectivity index (χ2n) is 9.57. The maximum Gasteiger partial charge on any atom is 0.244 e. The molecule has 2 fully saturated rings. The first kappa shape index (κ1) is 25.1. The molecule has 9 heteroatoms. The van der Waals surface area contributed by atoms with E-state index in [0.29, 0.717) is 32.6 Å². The fourth-order valence-electron chi connectivity index (χ4n) is 5.37. The Bertz CT molecular complexity index is 1340. The predicted molar refractivity (Wildman–Crippen MR) is 141 cm³/mol. The van der Waals surface area contributed by atoms with Crippen molar-refractivity contribution in [1.29, 1.82) is 0 Å². The molecule has 1 amide bonds. The number of carbonyl (C=O) groups is 1. The smallest absolute Gasteiger partial charge is 0.244 e. The normalized spacial score (nSPS) is 24.0. The van der Waals surface area contributed by atoms with Gasteiger partial charge in [0.25, 0.3) is 0 Å². The Morgan fingerprint density at radius 3 is 2.81 bits per heavy atom. The van der Waals surface area contributed by atoms with Crippen molar-refractivity contribution in [1.82, 2.24) is 14.2 Å². The van der Waals surface area contributed by atoms with Crippen LogP contribution < -0.4 is 0 Å². The zero-order chi connectivity index (χ0) is 25.3. The molecule has 5 rings (SSSR count). The topological polar surface area (TPSA) is 79.8 Å². The van der Waals surface area contributed by atoms with Gasteiger partial charge in [0, 0.05) is 18.5 Å². The van der Waals surface area contributed by atoms with Crippen molar-refractivity contribution < 1.29 is 17.9 Å². The molecule has 2 saturated heterocycles. The van der Waals surface area contributed by atoms with Crippen molar-refractivity contribution in [2.75, 3.05) is 13.2 Å². The first-order valence-electron chi connectivity index (χ1n) is 12.3. The lowest BCUT2D eigenvalue weighted by atomic mass is 9.90. The molecule has 3 heterocycles. The van der Waals surface area contributed by atoms with E-state index in [1.54, 1.807) is 23.7 Å². The Kier molecular flexibility index (Phi) is 7.25. The van der Waals surface area contributed by atoms with E-state index in [1.807, 2.05) is 48.2 Å². The summed E-state index contributed by atoms with van der Waals surface area (Å²) in [7, 11) is -3.91. The number of amides is 1. The van der Waals surface area contributed by atoms with E-state index in [0.717, 1.165) is 22.2 Å². The van der Waals surface area contributed by atoms with Crippen LogP contribution in [0.3, 0.4) is 0 Å². The van der Waals surface area contributed by atoms with E-state index in [-0.39, 0.29) is 28.8 Å². The van der Waals surface area contributed by atoms with Crippen LogP contribution >= 0.6 is 11.3 Å². The number of thiazole rings is 1. The molecule has 7 nitrogen and oxygen atoms in total. The number of rotatable bonds is 8. The van der Waals surface area contributed by atoms with Crippen LogP contribution in [0.1, 0.15) is 31.7 Å². The second-order valence-corrected chi connectivity index (χ2v) is 12.3. The Morgan fingerprint density at radius 2 is 2.03 bits per heavy atom. The summed E-state index contributed by atoms with van der Waals surface area (Å²) in [5, 5.41) is 0. The highest BCUT2D eigenvalue weighted by atomic mass is 32.2. The summed E-state index contributed by atoms with van der Waals surface area (Å²) in [6.45, 7) is 7.25. The quantitative estimate of drug-likeness (QED) is 0.406. The van der Waals surface area contributed by atoms with Crippen molar-refractivity contribution >= 4 is 37.5 Å². The number of carbonyl (C=O) groups excluding carboxylic acids is 1. The molecular formula is C27H31N3O4S2. The van der Waals surface area contributed by atoms with Crippen molar-refractivity contribution in [3.63, 3.8) is 0 Å². The maximum absolute atomic E-state index is 14.0. The van der Waals surface area contributed by atoms with Gasteiger partial charge in [0.2, 0.25) is 15.9 Å². The highest BCUT2D eigenvalue weighted by Crippen LogP contribution is 2.38. The molecule has 4 atom stereocenters. The minimum Gasteiger partial charge on any atom is -0.375 e. The lowest BCUT2D eigenvalue weighted by Crippen LogP contribution is -2.55. The molecule has 36 heavy (non-hydrogen) atoms. The molecule has 3 aromatic rings. The van der Waals surface area contributed by atoms with Crippen molar-refractivity contribution in [2.45, 2.75) is 55.8 Å². The zero-order valence-electron chi connectivity index (χ0n) is 20.3. The summed E-state index contributed by atoms with van der Waals surface area (Å²) < 4.78 is 36.3. The standard InChI is InChI=1S/C27H31N3O4S2/c1-3-21-15-29(19(2)16-34-17-20-8-5-4-6-9-20)27(31)25-11-7-10-24(21)30(25)36(32,33)22-12-13-23-26(14-22)35-18-28-23/h3-6,8-9,12-14,18-19,21,24-25H,1,7,10-11,15-17H2,2H3/t19-,21-,24+,25-/m0/s1. The average molecular weight is 526 g/mol. The number of fused-ring (bicyclic) bond motifs is 3. The van der Waals surface area contributed by atoms with Crippen LogP contribution in [0.25, 0.3) is 10.2 Å². The largest absolute Gasteiger partial charge is 0.375 e. The van der Waals surface area contributed by atoms with E-state index in [2.05, 4.69) is 11.6 Å². The predicted octanol–water partition coefficient (Wildman–Crippen LogP) is 4.46. The maximum atomic E-state index is 14.0. The van der Waals surface area contributed by atoms with Crippen LogP contribution in [0.4, 0.5) is 0 Å². The number of hydrogen-bond acceptors (Lipinski definition) is 6. The Morgan fingerprint density at radius 1 is 1.22 bits per heavy atom. The van der Waals surface area contributed by atoms with E-state index in [4.69, 9.17) is 4.74 Å². The van der Waals surface area contributed by atoms with Crippen LogP contribution in [0, 0.1) is 5.92 Å². The highest BCUT2D eigenvalue weighted by Gasteiger charge is 2.50. The molecule has 0 aliphatic carbocycles. The third kappa shape index (κ3) is 4.72. The molecule has 2 aliphatic heterocycles. The van der Waals surface area contributed by atoms with E-state index >= 15 is 0 Å². The molecule has 0 radical (unpaired) electrons. The van der Waals surface area contributed by atoms with Crippen molar-refractivity contribution in [3.05, 3.63) is 72.3 Å².